The number of ether oxygens (including phenoxy) is 1. The molecular weight excluding hydrogens is 303 g/mol. The van der Waals surface area contributed by atoms with Crippen molar-refractivity contribution in [2.75, 3.05) is 11.9 Å². The number of hydrogen-bond donors (Lipinski definition) is 1. The Kier molecular flexibility index (Phi) is 4.96. The predicted octanol–water partition coefficient (Wildman–Crippen LogP) is 4.77. The van der Waals surface area contributed by atoms with Crippen molar-refractivity contribution in [1.82, 2.24) is 0 Å². The Balaban J connectivity index is 2.08. The lowest BCUT2D eigenvalue weighted by Crippen LogP contribution is -2.02. The van der Waals surface area contributed by atoms with E-state index in [4.69, 9.17) is 16.3 Å². The van der Waals surface area contributed by atoms with Gasteiger partial charge in [-0.1, -0.05) is 11.6 Å². The number of rotatable bonds is 5. The molecule has 2 aromatic rings. The van der Waals surface area contributed by atoms with E-state index in [0.717, 1.165) is 12.1 Å². The summed E-state index contributed by atoms with van der Waals surface area (Å²) in [5.74, 6) is -3.33. The van der Waals surface area contributed by atoms with Gasteiger partial charge in [-0.2, -0.15) is 0 Å². The summed E-state index contributed by atoms with van der Waals surface area (Å²) in [5.41, 5.74) is 0.949. The smallest absolute Gasteiger partial charge is 0.194 e. The zero-order valence-electron chi connectivity index (χ0n) is 11.2. The van der Waals surface area contributed by atoms with Crippen LogP contribution < -0.4 is 10.1 Å². The van der Waals surface area contributed by atoms with Crippen LogP contribution >= 0.6 is 11.6 Å². The molecule has 0 bridgehead atoms. The summed E-state index contributed by atoms with van der Waals surface area (Å²) in [6, 6.07) is 6.96. The first kappa shape index (κ1) is 15.5. The van der Waals surface area contributed by atoms with Crippen molar-refractivity contribution in [2.45, 2.75) is 13.5 Å². The standard InChI is InChI=1S/C15H13ClF3NO/c1-2-21-14-4-3-10(7-11(14)16)20-8-9-5-12(17)15(19)13(18)6-9/h3-7,20H,2,8H2,1H3. The number of hydrogen-bond acceptors (Lipinski definition) is 2. The van der Waals surface area contributed by atoms with Gasteiger partial charge in [0.25, 0.3) is 0 Å². The van der Waals surface area contributed by atoms with E-state index in [1.54, 1.807) is 18.2 Å². The van der Waals surface area contributed by atoms with Gasteiger partial charge in [-0.3, -0.25) is 0 Å². The molecule has 6 heteroatoms. The lowest BCUT2D eigenvalue weighted by Gasteiger charge is -2.10. The van der Waals surface area contributed by atoms with E-state index in [2.05, 4.69) is 5.32 Å². The Hall–Kier alpha value is -1.88. The first-order chi connectivity index (χ1) is 10.0. The second kappa shape index (κ2) is 6.72. The van der Waals surface area contributed by atoms with Crippen LogP contribution in [0.25, 0.3) is 0 Å². The molecule has 0 saturated heterocycles. The van der Waals surface area contributed by atoms with Gasteiger partial charge in [0.15, 0.2) is 17.5 Å². The number of halogens is 4. The minimum atomic E-state index is -1.47. The van der Waals surface area contributed by atoms with Crippen LogP contribution in [0.1, 0.15) is 12.5 Å². The summed E-state index contributed by atoms with van der Waals surface area (Å²) in [5, 5.41) is 3.38. The molecule has 0 aliphatic carbocycles. The summed E-state index contributed by atoms with van der Waals surface area (Å²) in [7, 11) is 0. The summed E-state index contributed by atoms with van der Waals surface area (Å²) in [4.78, 5) is 0. The van der Waals surface area contributed by atoms with Crippen LogP contribution in [-0.4, -0.2) is 6.61 Å². The topological polar surface area (TPSA) is 21.3 Å². The normalized spacial score (nSPS) is 10.5. The molecule has 0 fully saturated rings. The van der Waals surface area contributed by atoms with Crippen LogP contribution in [0.4, 0.5) is 18.9 Å². The third kappa shape index (κ3) is 3.82. The molecule has 0 spiro atoms. The van der Waals surface area contributed by atoms with Crippen LogP contribution in [0.15, 0.2) is 30.3 Å². The third-order valence-corrected chi connectivity index (χ3v) is 3.07. The Morgan fingerprint density at radius 2 is 1.76 bits per heavy atom. The summed E-state index contributed by atoms with van der Waals surface area (Å²) >= 11 is 6.03. The van der Waals surface area contributed by atoms with E-state index >= 15 is 0 Å². The van der Waals surface area contributed by atoms with Crippen molar-refractivity contribution in [2.24, 2.45) is 0 Å². The van der Waals surface area contributed by atoms with Gasteiger partial charge in [0.2, 0.25) is 0 Å². The number of benzene rings is 2. The molecule has 2 aromatic carbocycles. The van der Waals surface area contributed by atoms with Crippen molar-refractivity contribution in [3.63, 3.8) is 0 Å². The molecule has 2 rings (SSSR count). The fourth-order valence-electron chi connectivity index (χ4n) is 1.80. The molecule has 21 heavy (non-hydrogen) atoms. The van der Waals surface area contributed by atoms with Gasteiger partial charge in [-0.05, 0) is 42.8 Å². The van der Waals surface area contributed by atoms with Crippen LogP contribution in [-0.2, 0) is 6.54 Å². The highest BCUT2D eigenvalue weighted by atomic mass is 35.5. The van der Waals surface area contributed by atoms with Gasteiger partial charge in [0, 0.05) is 12.2 Å². The van der Waals surface area contributed by atoms with Crippen LogP contribution in [0.3, 0.4) is 0 Å². The van der Waals surface area contributed by atoms with E-state index in [1.165, 1.54) is 0 Å². The summed E-state index contributed by atoms with van der Waals surface area (Å²) < 4.78 is 44.3. The lowest BCUT2D eigenvalue weighted by atomic mass is 10.2. The molecule has 0 aromatic heterocycles. The molecular formula is C15H13ClF3NO. The molecule has 1 N–H and O–H groups in total. The molecule has 0 heterocycles. The van der Waals surface area contributed by atoms with Crippen LogP contribution in [0, 0.1) is 17.5 Å². The Bertz CT molecular complexity index is 626. The van der Waals surface area contributed by atoms with Crippen molar-refractivity contribution >= 4 is 17.3 Å². The van der Waals surface area contributed by atoms with Gasteiger partial charge in [0.05, 0.1) is 11.6 Å². The molecule has 112 valence electrons. The van der Waals surface area contributed by atoms with Crippen molar-refractivity contribution in [3.8, 4) is 5.75 Å². The van der Waals surface area contributed by atoms with E-state index in [9.17, 15) is 13.2 Å². The maximum atomic E-state index is 13.1. The minimum Gasteiger partial charge on any atom is -0.492 e. The second-order valence-electron chi connectivity index (χ2n) is 4.31. The molecule has 0 saturated carbocycles. The monoisotopic (exact) mass is 315 g/mol. The Morgan fingerprint density at radius 3 is 2.33 bits per heavy atom. The number of anilines is 1. The van der Waals surface area contributed by atoms with E-state index in [1.807, 2.05) is 6.92 Å². The molecule has 0 atom stereocenters. The first-order valence-corrected chi connectivity index (χ1v) is 6.68. The molecule has 0 radical (unpaired) electrons. The largest absolute Gasteiger partial charge is 0.492 e. The zero-order chi connectivity index (χ0) is 15.4. The van der Waals surface area contributed by atoms with Gasteiger partial charge >= 0.3 is 0 Å². The van der Waals surface area contributed by atoms with Crippen molar-refractivity contribution in [3.05, 3.63) is 58.4 Å². The fraction of sp³-hybridized carbons (Fsp3) is 0.200. The molecule has 0 unspecified atom stereocenters. The zero-order valence-corrected chi connectivity index (χ0v) is 12.0. The average molecular weight is 316 g/mol. The summed E-state index contributed by atoms with van der Waals surface area (Å²) in [6.45, 7) is 2.49. The lowest BCUT2D eigenvalue weighted by molar-refractivity contribution is 0.340. The number of nitrogens with one attached hydrogen (secondary N) is 1. The first-order valence-electron chi connectivity index (χ1n) is 6.31. The van der Waals surface area contributed by atoms with Crippen molar-refractivity contribution in [1.29, 1.82) is 0 Å². The van der Waals surface area contributed by atoms with E-state index in [0.29, 0.717) is 23.1 Å². The fourth-order valence-corrected chi connectivity index (χ4v) is 2.03. The van der Waals surface area contributed by atoms with Crippen LogP contribution in [0.2, 0.25) is 5.02 Å². The summed E-state index contributed by atoms with van der Waals surface area (Å²) in [6.07, 6.45) is 0. The van der Waals surface area contributed by atoms with Crippen LogP contribution in [0.5, 0.6) is 5.75 Å². The SMILES string of the molecule is CCOc1ccc(NCc2cc(F)c(F)c(F)c2)cc1Cl. The highest BCUT2D eigenvalue weighted by Crippen LogP contribution is 2.28. The third-order valence-electron chi connectivity index (χ3n) is 2.77. The van der Waals surface area contributed by atoms with Gasteiger partial charge in [-0.15, -0.1) is 0 Å². The average Bonchev–Trinajstić information content (AvgIpc) is 2.45. The second-order valence-corrected chi connectivity index (χ2v) is 4.71. The molecule has 0 aliphatic rings. The molecule has 0 amide bonds. The van der Waals surface area contributed by atoms with Crippen molar-refractivity contribution < 1.29 is 17.9 Å². The van der Waals surface area contributed by atoms with Gasteiger partial charge in [0.1, 0.15) is 5.75 Å². The van der Waals surface area contributed by atoms with Gasteiger partial charge in [-0.25, -0.2) is 13.2 Å². The van der Waals surface area contributed by atoms with E-state index in [-0.39, 0.29) is 12.1 Å². The molecule has 2 nitrogen and oxygen atoms in total. The Morgan fingerprint density at radius 1 is 1.10 bits per heavy atom. The maximum Gasteiger partial charge on any atom is 0.194 e. The van der Waals surface area contributed by atoms with E-state index < -0.39 is 17.5 Å². The van der Waals surface area contributed by atoms with Gasteiger partial charge < -0.3 is 10.1 Å². The highest BCUT2D eigenvalue weighted by molar-refractivity contribution is 6.32. The Labute approximate surface area is 125 Å². The maximum absolute atomic E-state index is 13.1. The molecule has 0 aliphatic heterocycles. The quantitative estimate of drug-likeness (QED) is 0.803. The minimum absolute atomic E-state index is 0.137. The predicted molar refractivity (Wildman–Crippen MR) is 76.3 cm³/mol. The highest BCUT2D eigenvalue weighted by Gasteiger charge is 2.10.